The molecule has 0 aromatic heterocycles. The lowest BCUT2D eigenvalue weighted by Gasteiger charge is -2.28. The summed E-state index contributed by atoms with van der Waals surface area (Å²) in [6.45, 7) is 27.9. The highest BCUT2D eigenvalue weighted by atomic mass is 31.2. The second-order valence-electron chi connectivity index (χ2n) is 14.2. The summed E-state index contributed by atoms with van der Waals surface area (Å²) < 4.78 is 21.6. The van der Waals surface area contributed by atoms with Gasteiger partial charge in [-0.05, 0) is 85.6 Å². The van der Waals surface area contributed by atoms with Crippen LogP contribution in [0.5, 0.6) is 0 Å². The third kappa shape index (κ3) is 9.16. The average molecular weight is 604 g/mol. The molecule has 1 atom stereocenters. The minimum absolute atomic E-state index is 0.309. The van der Waals surface area contributed by atoms with Gasteiger partial charge in [-0.1, -0.05) is 138 Å². The molecule has 3 rings (SSSR count). The molecule has 0 aliphatic heterocycles. The van der Waals surface area contributed by atoms with E-state index < -0.39 is 7.52 Å². The first-order valence-electron chi connectivity index (χ1n) is 16.5. The number of rotatable bonds is 14. The topological polar surface area (TPSA) is 38.3 Å². The molecule has 43 heavy (non-hydrogen) atoms. The molecule has 0 saturated carbocycles. The fourth-order valence-electron chi connectivity index (χ4n) is 5.91. The molecule has 0 heterocycles. The molecule has 3 aromatic carbocycles. The summed E-state index contributed by atoms with van der Waals surface area (Å²) in [5, 5.41) is 3.57. The quantitative estimate of drug-likeness (QED) is 0.186. The Morgan fingerprint density at radius 1 is 0.581 bits per heavy atom. The Kier molecular flexibility index (Phi) is 12.5. The van der Waals surface area contributed by atoms with E-state index in [0.717, 1.165) is 5.56 Å². The molecule has 0 fully saturated rings. The molecule has 3 nitrogen and oxygen atoms in total. The van der Waals surface area contributed by atoms with Gasteiger partial charge in [0.05, 0.1) is 12.8 Å². The lowest BCUT2D eigenvalue weighted by molar-refractivity contribution is 0.293. The number of nitrogens with one attached hydrogen (secondary N) is 1. The first-order chi connectivity index (χ1) is 20.1. The fraction of sp³-hybridized carbons (Fsp3) is 0.538. The van der Waals surface area contributed by atoms with Crippen molar-refractivity contribution in [1.29, 1.82) is 0 Å². The molecule has 0 radical (unpaired) electrons. The summed E-state index contributed by atoms with van der Waals surface area (Å²) in [4.78, 5) is 0. The molecule has 0 bridgehead atoms. The predicted molar refractivity (Wildman–Crippen MR) is 187 cm³/mol. The van der Waals surface area contributed by atoms with E-state index >= 15 is 4.57 Å². The normalized spacial score (nSPS) is 13.7. The van der Waals surface area contributed by atoms with Crippen LogP contribution in [0.1, 0.15) is 169 Å². The van der Waals surface area contributed by atoms with Gasteiger partial charge in [0.1, 0.15) is 0 Å². The minimum Gasteiger partial charge on any atom is -0.312 e. The monoisotopic (exact) mass is 603 g/mol. The number of hydrogen-bond donors (Lipinski definition) is 1. The van der Waals surface area contributed by atoms with Gasteiger partial charge >= 0.3 is 0 Å². The van der Waals surface area contributed by atoms with Crippen LogP contribution in [-0.4, -0.2) is 0 Å². The van der Waals surface area contributed by atoms with Crippen LogP contribution in [0.2, 0.25) is 0 Å². The van der Waals surface area contributed by atoms with E-state index in [9.17, 15) is 0 Å². The second kappa shape index (κ2) is 15.2. The van der Waals surface area contributed by atoms with Crippen LogP contribution >= 0.6 is 7.52 Å². The highest BCUT2D eigenvalue weighted by Crippen LogP contribution is 2.50. The zero-order valence-electron chi connectivity index (χ0n) is 29.0. The maximum atomic E-state index is 15.1. The smallest absolute Gasteiger partial charge is 0.274 e. The van der Waals surface area contributed by atoms with E-state index in [2.05, 4.69) is 112 Å². The van der Waals surface area contributed by atoms with Crippen molar-refractivity contribution in [3.8, 4) is 0 Å². The van der Waals surface area contributed by atoms with Crippen LogP contribution in [0.3, 0.4) is 0 Å². The van der Waals surface area contributed by atoms with Gasteiger partial charge in [0.2, 0.25) is 0 Å². The zero-order valence-corrected chi connectivity index (χ0v) is 29.9. The third-order valence-corrected chi connectivity index (χ3v) is 10.6. The van der Waals surface area contributed by atoms with Crippen molar-refractivity contribution in [1.82, 2.24) is 5.09 Å². The molecular weight excluding hydrogens is 545 g/mol. The van der Waals surface area contributed by atoms with Crippen molar-refractivity contribution in [2.24, 2.45) is 0 Å². The summed E-state index contributed by atoms with van der Waals surface area (Å²) in [5.41, 5.74) is 11.4. The summed E-state index contributed by atoms with van der Waals surface area (Å²) in [6.07, 6.45) is 0.372. The minimum atomic E-state index is -3.33. The lowest BCUT2D eigenvalue weighted by atomic mass is 9.84. The maximum Gasteiger partial charge on any atom is 0.274 e. The largest absolute Gasteiger partial charge is 0.312 e. The van der Waals surface area contributed by atoms with Crippen LogP contribution in [0.4, 0.5) is 0 Å². The van der Waals surface area contributed by atoms with E-state index in [1.54, 1.807) is 0 Å². The standard InChI is InChI=1S/C39H58NO2P/c1-25(2)32-18-34(27(5)6)38(35(19-32)28(7)8)22-40-43(41,42-23-31-16-14-13-15-17-31)24-39-36(29(9)10)20-33(26(3)4)21-37(39)30(11)12/h13-21,25-30H,22-24H2,1-12H3,(H,40,41). The van der Waals surface area contributed by atoms with Crippen molar-refractivity contribution in [3.63, 3.8) is 0 Å². The molecule has 1 N–H and O–H groups in total. The van der Waals surface area contributed by atoms with Crippen LogP contribution in [0.15, 0.2) is 54.6 Å². The van der Waals surface area contributed by atoms with E-state index in [4.69, 9.17) is 4.52 Å². The first-order valence-corrected chi connectivity index (χ1v) is 18.3. The van der Waals surface area contributed by atoms with Crippen LogP contribution in [0, 0.1) is 0 Å². The number of benzene rings is 3. The van der Waals surface area contributed by atoms with Gasteiger partial charge in [-0.2, -0.15) is 0 Å². The number of hydrogen-bond acceptors (Lipinski definition) is 2. The second-order valence-corrected chi connectivity index (χ2v) is 16.4. The van der Waals surface area contributed by atoms with Crippen molar-refractivity contribution < 1.29 is 9.09 Å². The summed E-state index contributed by atoms with van der Waals surface area (Å²) in [5.74, 6) is 2.24. The average Bonchev–Trinajstić information content (AvgIpc) is 2.94. The Morgan fingerprint density at radius 3 is 1.35 bits per heavy atom. The predicted octanol–water partition coefficient (Wildman–Crippen LogP) is 12.1. The molecule has 0 aliphatic rings. The Labute approximate surface area is 263 Å². The zero-order chi connectivity index (χ0) is 32.1. The van der Waals surface area contributed by atoms with Crippen LogP contribution in [-0.2, 0) is 28.4 Å². The Hall–Kier alpha value is -2.19. The molecular formula is C39H58NO2P. The van der Waals surface area contributed by atoms with Gasteiger partial charge in [-0.3, -0.25) is 4.57 Å². The van der Waals surface area contributed by atoms with Crippen molar-refractivity contribution in [3.05, 3.63) is 105 Å². The van der Waals surface area contributed by atoms with E-state index in [-0.39, 0.29) is 0 Å². The van der Waals surface area contributed by atoms with E-state index in [0.29, 0.717) is 54.8 Å². The first kappa shape index (κ1) is 35.3. The summed E-state index contributed by atoms with van der Waals surface area (Å²) in [6, 6.07) is 19.5. The van der Waals surface area contributed by atoms with Crippen molar-refractivity contribution in [2.45, 2.75) is 138 Å². The molecule has 0 spiro atoms. The van der Waals surface area contributed by atoms with Gasteiger partial charge in [0, 0.05) is 6.54 Å². The maximum absolute atomic E-state index is 15.1. The summed E-state index contributed by atoms with van der Waals surface area (Å²) >= 11 is 0. The molecule has 1 unspecified atom stereocenters. The fourth-order valence-corrected chi connectivity index (χ4v) is 7.74. The molecule has 236 valence electrons. The molecule has 4 heteroatoms. The van der Waals surface area contributed by atoms with Gasteiger partial charge in [0.25, 0.3) is 7.52 Å². The highest BCUT2D eigenvalue weighted by molar-refractivity contribution is 7.56. The molecule has 0 amide bonds. The van der Waals surface area contributed by atoms with E-state index in [1.165, 1.54) is 44.5 Å². The Balaban J connectivity index is 2.13. The Morgan fingerprint density at radius 2 is 0.977 bits per heavy atom. The molecule has 0 saturated heterocycles. The Bertz CT molecular complexity index is 1330. The molecule has 0 aliphatic carbocycles. The SMILES string of the molecule is CC(C)c1cc(C(C)C)c(CNP(=O)(Cc2c(C(C)C)cc(C(C)C)cc2C(C)C)OCc2ccccc2)c(C(C)C)c1. The van der Waals surface area contributed by atoms with Crippen LogP contribution in [0.25, 0.3) is 0 Å². The van der Waals surface area contributed by atoms with Gasteiger partial charge in [-0.25, -0.2) is 5.09 Å². The third-order valence-electron chi connectivity index (χ3n) is 8.65. The summed E-state index contributed by atoms with van der Waals surface area (Å²) in [7, 11) is -3.33. The van der Waals surface area contributed by atoms with Gasteiger partial charge in [-0.15, -0.1) is 0 Å². The van der Waals surface area contributed by atoms with Gasteiger partial charge < -0.3 is 4.52 Å². The van der Waals surface area contributed by atoms with Crippen molar-refractivity contribution >= 4 is 7.52 Å². The highest BCUT2D eigenvalue weighted by Gasteiger charge is 2.30. The lowest BCUT2D eigenvalue weighted by Crippen LogP contribution is -2.19. The van der Waals surface area contributed by atoms with Crippen LogP contribution < -0.4 is 5.09 Å². The van der Waals surface area contributed by atoms with Crippen molar-refractivity contribution in [2.75, 3.05) is 0 Å². The van der Waals surface area contributed by atoms with Gasteiger partial charge in [0.15, 0.2) is 0 Å². The van der Waals surface area contributed by atoms with E-state index in [1.807, 2.05) is 30.3 Å². The molecule has 3 aromatic rings.